The van der Waals surface area contributed by atoms with Gasteiger partial charge < -0.3 is 20.3 Å². The summed E-state index contributed by atoms with van der Waals surface area (Å²) in [6.07, 6.45) is 9.15. The fourth-order valence-electron chi connectivity index (χ4n) is 5.86. The quantitative estimate of drug-likeness (QED) is 0.324. The minimum Gasteiger partial charge on any atom is -0.478 e. The van der Waals surface area contributed by atoms with Crippen LogP contribution >= 0.6 is 0 Å². The molecule has 0 unspecified atom stereocenters. The molecule has 12 nitrogen and oxygen atoms in total. The van der Waals surface area contributed by atoms with Crippen molar-refractivity contribution >= 4 is 23.0 Å². The van der Waals surface area contributed by atoms with Crippen LogP contribution in [0.15, 0.2) is 55.2 Å². The zero-order valence-electron chi connectivity index (χ0n) is 21.8. The van der Waals surface area contributed by atoms with Crippen LogP contribution in [0.5, 0.6) is 0 Å². The van der Waals surface area contributed by atoms with E-state index in [1.54, 1.807) is 29.3 Å². The van der Waals surface area contributed by atoms with E-state index in [4.69, 9.17) is 0 Å². The Morgan fingerprint density at radius 1 is 1.18 bits per heavy atom. The van der Waals surface area contributed by atoms with Crippen LogP contribution in [0.2, 0.25) is 0 Å². The van der Waals surface area contributed by atoms with E-state index < -0.39 is 11.5 Å². The molecule has 0 spiro atoms. The summed E-state index contributed by atoms with van der Waals surface area (Å²) >= 11 is 0. The third-order valence-corrected chi connectivity index (χ3v) is 8.04. The van der Waals surface area contributed by atoms with Crippen molar-refractivity contribution in [3.05, 3.63) is 66.4 Å². The lowest BCUT2D eigenvalue weighted by Crippen LogP contribution is -2.66. The zero-order chi connectivity index (χ0) is 27.7. The number of nitriles is 1. The molecule has 2 saturated heterocycles. The SMILES string of the molecule is N#CCC1(n2cc(-c3ncnc4[nH]ccc34)cn2)CN(C2CCN(C(=O)NCc3ccccc3C(=O)O)CC2)C1. The Hall–Kier alpha value is -4.76. The van der Waals surface area contributed by atoms with Gasteiger partial charge in [0, 0.05) is 62.1 Å². The minimum absolute atomic E-state index is 0.167. The molecular weight excluding hydrogens is 510 g/mol. The van der Waals surface area contributed by atoms with E-state index in [0.717, 1.165) is 35.1 Å². The van der Waals surface area contributed by atoms with Crippen molar-refractivity contribution in [2.75, 3.05) is 26.2 Å². The number of rotatable bonds is 7. The second kappa shape index (κ2) is 10.4. The molecule has 0 bridgehead atoms. The van der Waals surface area contributed by atoms with E-state index in [-0.39, 0.29) is 18.1 Å². The number of urea groups is 1. The summed E-state index contributed by atoms with van der Waals surface area (Å²) in [7, 11) is 0. The van der Waals surface area contributed by atoms with Gasteiger partial charge in [-0.05, 0) is 30.5 Å². The third-order valence-electron chi connectivity index (χ3n) is 8.04. The van der Waals surface area contributed by atoms with Gasteiger partial charge in [0.1, 0.15) is 17.5 Å². The summed E-state index contributed by atoms with van der Waals surface area (Å²) in [6, 6.07) is 11.1. The average molecular weight is 540 g/mol. The number of hydrogen-bond donors (Lipinski definition) is 3. The monoisotopic (exact) mass is 539 g/mol. The second-order valence-corrected chi connectivity index (χ2v) is 10.4. The number of aromatic nitrogens is 5. The van der Waals surface area contributed by atoms with Crippen LogP contribution in [0.25, 0.3) is 22.3 Å². The highest BCUT2D eigenvalue weighted by molar-refractivity contribution is 5.90. The molecule has 12 heteroatoms. The normalized spacial score (nSPS) is 17.3. The van der Waals surface area contributed by atoms with Crippen molar-refractivity contribution < 1.29 is 14.7 Å². The van der Waals surface area contributed by atoms with Crippen LogP contribution in [0.1, 0.15) is 35.2 Å². The van der Waals surface area contributed by atoms with E-state index in [1.165, 1.54) is 12.4 Å². The van der Waals surface area contributed by atoms with Crippen LogP contribution in [-0.2, 0) is 12.1 Å². The summed E-state index contributed by atoms with van der Waals surface area (Å²) < 4.78 is 1.92. The maximum absolute atomic E-state index is 12.8. The zero-order valence-corrected chi connectivity index (χ0v) is 21.8. The summed E-state index contributed by atoms with van der Waals surface area (Å²) in [4.78, 5) is 40.2. The Morgan fingerprint density at radius 3 is 2.75 bits per heavy atom. The van der Waals surface area contributed by atoms with Crippen LogP contribution < -0.4 is 5.32 Å². The van der Waals surface area contributed by atoms with Gasteiger partial charge in [-0.2, -0.15) is 10.4 Å². The van der Waals surface area contributed by atoms with E-state index in [0.29, 0.717) is 44.2 Å². The number of nitrogens with zero attached hydrogens (tertiary/aromatic N) is 7. The van der Waals surface area contributed by atoms with E-state index in [2.05, 4.69) is 36.3 Å². The van der Waals surface area contributed by atoms with E-state index in [9.17, 15) is 20.0 Å². The van der Waals surface area contributed by atoms with Crippen molar-refractivity contribution in [2.24, 2.45) is 0 Å². The number of amides is 2. The number of aromatic amines is 1. The number of fused-ring (bicyclic) bond motifs is 1. The van der Waals surface area contributed by atoms with Crippen molar-refractivity contribution in [1.82, 2.24) is 39.8 Å². The Balaban J connectivity index is 1.05. The maximum Gasteiger partial charge on any atom is 0.336 e. The van der Waals surface area contributed by atoms with Gasteiger partial charge in [0.15, 0.2) is 0 Å². The van der Waals surface area contributed by atoms with Crippen molar-refractivity contribution in [3.8, 4) is 17.3 Å². The summed E-state index contributed by atoms with van der Waals surface area (Å²) in [5.74, 6) is -1.01. The number of carboxylic acid groups (broad SMARTS) is 1. The maximum atomic E-state index is 12.8. The van der Waals surface area contributed by atoms with Gasteiger partial charge in [-0.25, -0.2) is 19.6 Å². The number of piperidine rings is 1. The third kappa shape index (κ3) is 4.65. The van der Waals surface area contributed by atoms with Crippen LogP contribution in [0.4, 0.5) is 4.79 Å². The highest BCUT2D eigenvalue weighted by Crippen LogP contribution is 2.37. The lowest BCUT2D eigenvalue weighted by molar-refractivity contribution is -0.0402. The number of hydrogen-bond acceptors (Lipinski definition) is 7. The Kier molecular flexibility index (Phi) is 6.65. The highest BCUT2D eigenvalue weighted by Gasteiger charge is 2.48. The number of carbonyl (C=O) groups excluding carboxylic acids is 1. The van der Waals surface area contributed by atoms with Crippen LogP contribution in [-0.4, -0.2) is 83.9 Å². The predicted molar refractivity (Wildman–Crippen MR) is 145 cm³/mol. The lowest BCUT2D eigenvalue weighted by atomic mass is 9.84. The molecule has 4 aromatic rings. The molecule has 0 radical (unpaired) electrons. The molecule has 3 N–H and O–H groups in total. The summed E-state index contributed by atoms with van der Waals surface area (Å²) in [5.41, 5.74) is 2.82. The standard InChI is InChI=1S/C28H29N9O3/c29-9-8-28(37-15-20(14-34-37)24-23-5-10-30-25(23)33-18-32-24)16-36(17-28)21-6-11-35(12-7-21)27(40)31-13-19-3-1-2-4-22(19)26(38)39/h1-5,10,14-15,18,21H,6-8,11-13,16-17H2,(H,31,40)(H,38,39)(H,30,32,33). The van der Waals surface area contributed by atoms with Gasteiger partial charge in [0.2, 0.25) is 0 Å². The number of aromatic carboxylic acids is 1. The first-order valence-electron chi connectivity index (χ1n) is 13.3. The molecule has 5 heterocycles. The fourth-order valence-corrected chi connectivity index (χ4v) is 5.86. The van der Waals surface area contributed by atoms with Gasteiger partial charge >= 0.3 is 12.0 Å². The topological polar surface area (TPSA) is 156 Å². The first kappa shape index (κ1) is 25.5. The molecule has 0 atom stereocenters. The number of carboxylic acids is 1. The Bertz CT molecular complexity index is 1590. The van der Waals surface area contributed by atoms with Gasteiger partial charge in [-0.1, -0.05) is 18.2 Å². The number of H-pyrrole nitrogens is 1. The second-order valence-electron chi connectivity index (χ2n) is 10.4. The first-order valence-corrected chi connectivity index (χ1v) is 13.3. The summed E-state index contributed by atoms with van der Waals surface area (Å²) in [6.45, 7) is 2.83. The molecule has 0 aliphatic carbocycles. The van der Waals surface area contributed by atoms with Gasteiger partial charge in [0.05, 0.1) is 29.9 Å². The molecule has 3 aromatic heterocycles. The van der Waals surface area contributed by atoms with Gasteiger partial charge in [0.25, 0.3) is 0 Å². The Morgan fingerprint density at radius 2 is 1.98 bits per heavy atom. The van der Waals surface area contributed by atoms with E-state index in [1.807, 2.05) is 23.1 Å². The fraction of sp³-hybridized carbons (Fsp3) is 0.357. The molecular formula is C28H29N9O3. The lowest BCUT2D eigenvalue weighted by Gasteiger charge is -2.53. The molecule has 0 saturated carbocycles. The van der Waals surface area contributed by atoms with Crippen molar-refractivity contribution in [3.63, 3.8) is 0 Å². The molecule has 6 rings (SSSR count). The molecule has 40 heavy (non-hydrogen) atoms. The predicted octanol–water partition coefficient (Wildman–Crippen LogP) is 2.82. The largest absolute Gasteiger partial charge is 0.478 e. The van der Waals surface area contributed by atoms with Gasteiger partial charge in [-0.15, -0.1) is 0 Å². The molecule has 2 aliphatic heterocycles. The number of nitrogens with one attached hydrogen (secondary N) is 2. The summed E-state index contributed by atoms with van der Waals surface area (Å²) in [5, 5.41) is 27.4. The highest BCUT2D eigenvalue weighted by atomic mass is 16.4. The molecule has 2 amide bonds. The molecule has 2 fully saturated rings. The van der Waals surface area contributed by atoms with E-state index >= 15 is 0 Å². The number of carbonyl (C=O) groups is 2. The minimum atomic E-state index is -1.01. The molecule has 204 valence electrons. The van der Waals surface area contributed by atoms with Crippen LogP contribution in [0, 0.1) is 11.3 Å². The number of likely N-dealkylation sites (tertiary alicyclic amines) is 2. The number of benzene rings is 1. The van der Waals surface area contributed by atoms with Crippen molar-refractivity contribution in [2.45, 2.75) is 37.4 Å². The van der Waals surface area contributed by atoms with Crippen molar-refractivity contribution in [1.29, 1.82) is 5.26 Å². The van der Waals surface area contributed by atoms with Gasteiger partial charge in [-0.3, -0.25) is 9.58 Å². The molecule has 1 aromatic carbocycles. The average Bonchev–Trinajstić information content (AvgIpc) is 3.64. The van der Waals surface area contributed by atoms with Crippen LogP contribution in [0.3, 0.4) is 0 Å². The Labute approximate surface area is 230 Å². The first-order chi connectivity index (χ1) is 19.5. The molecule has 2 aliphatic rings. The smallest absolute Gasteiger partial charge is 0.336 e.